The molecule has 2 amide bonds. The van der Waals surface area contributed by atoms with E-state index in [1.165, 1.54) is 4.68 Å². The number of hydrogen-bond acceptors (Lipinski definition) is 6. The van der Waals surface area contributed by atoms with Gasteiger partial charge in [-0.15, -0.1) is 5.10 Å². The van der Waals surface area contributed by atoms with Gasteiger partial charge < -0.3 is 19.7 Å². The quantitative estimate of drug-likeness (QED) is 0.873. The Kier molecular flexibility index (Phi) is 3.75. The van der Waals surface area contributed by atoms with Crippen molar-refractivity contribution in [1.29, 1.82) is 0 Å². The molecule has 1 aromatic carbocycles. The molecule has 4 rings (SSSR count). The van der Waals surface area contributed by atoms with Crippen molar-refractivity contribution in [2.75, 3.05) is 25.1 Å². The summed E-state index contributed by atoms with van der Waals surface area (Å²) in [5, 5.41) is 10.5. The van der Waals surface area contributed by atoms with Crippen molar-refractivity contribution in [3.05, 3.63) is 35.7 Å². The summed E-state index contributed by atoms with van der Waals surface area (Å²) < 4.78 is 11.8. The van der Waals surface area contributed by atoms with Gasteiger partial charge in [-0.1, -0.05) is 5.21 Å². The molecular weight excluding hydrogens is 326 g/mol. The van der Waals surface area contributed by atoms with Gasteiger partial charge in [0.25, 0.3) is 5.91 Å². The molecule has 1 atom stereocenters. The third-order valence-electron chi connectivity index (χ3n) is 4.32. The Balaban J connectivity index is 1.48. The number of cyclic esters (lactones) is 1. The smallest absolute Gasteiger partial charge is 0.407 e. The number of fused-ring (bicyclic) bond motifs is 1. The van der Waals surface area contributed by atoms with Crippen molar-refractivity contribution in [3.63, 3.8) is 0 Å². The Hall–Kier alpha value is -3.10. The fourth-order valence-corrected chi connectivity index (χ4v) is 3.08. The molecule has 2 aliphatic rings. The van der Waals surface area contributed by atoms with Crippen LogP contribution in [-0.4, -0.2) is 53.3 Å². The molecule has 3 heterocycles. The lowest BCUT2D eigenvalue weighted by Crippen LogP contribution is -2.29. The zero-order chi connectivity index (χ0) is 17.4. The number of anilines is 1. The SMILES string of the molecule is COc1ccc2c(c1)CCN2C(=O)c1cn(CC2CNC(=O)O2)nn1. The molecule has 9 heteroatoms. The summed E-state index contributed by atoms with van der Waals surface area (Å²) >= 11 is 0. The highest BCUT2D eigenvalue weighted by Crippen LogP contribution is 2.32. The van der Waals surface area contributed by atoms with Crippen LogP contribution in [0.25, 0.3) is 0 Å². The Morgan fingerprint density at radius 1 is 1.48 bits per heavy atom. The van der Waals surface area contributed by atoms with Gasteiger partial charge in [0.15, 0.2) is 5.69 Å². The van der Waals surface area contributed by atoms with Crippen LogP contribution in [0.5, 0.6) is 5.75 Å². The number of benzene rings is 1. The number of rotatable bonds is 4. The van der Waals surface area contributed by atoms with Crippen LogP contribution in [0.3, 0.4) is 0 Å². The van der Waals surface area contributed by atoms with E-state index >= 15 is 0 Å². The van der Waals surface area contributed by atoms with Gasteiger partial charge in [-0.3, -0.25) is 4.79 Å². The summed E-state index contributed by atoms with van der Waals surface area (Å²) in [5.74, 6) is 0.579. The minimum absolute atomic E-state index is 0.197. The average molecular weight is 343 g/mol. The van der Waals surface area contributed by atoms with E-state index in [0.717, 1.165) is 23.4 Å². The fourth-order valence-electron chi connectivity index (χ4n) is 3.08. The average Bonchev–Trinajstić information content (AvgIpc) is 3.34. The second-order valence-electron chi connectivity index (χ2n) is 5.94. The molecule has 0 aliphatic carbocycles. The molecule has 1 N–H and O–H groups in total. The highest BCUT2D eigenvalue weighted by atomic mass is 16.6. The molecule has 0 bridgehead atoms. The van der Waals surface area contributed by atoms with Crippen LogP contribution in [0.1, 0.15) is 16.1 Å². The van der Waals surface area contributed by atoms with Crippen LogP contribution in [-0.2, 0) is 17.7 Å². The Morgan fingerprint density at radius 2 is 2.36 bits per heavy atom. The van der Waals surface area contributed by atoms with Crippen LogP contribution < -0.4 is 15.0 Å². The molecule has 1 aromatic heterocycles. The van der Waals surface area contributed by atoms with Crippen molar-refractivity contribution in [3.8, 4) is 5.75 Å². The summed E-state index contributed by atoms with van der Waals surface area (Å²) in [4.78, 5) is 25.5. The van der Waals surface area contributed by atoms with E-state index in [0.29, 0.717) is 19.6 Å². The number of alkyl carbamates (subject to hydrolysis) is 1. The fraction of sp³-hybridized carbons (Fsp3) is 0.375. The van der Waals surface area contributed by atoms with Crippen molar-refractivity contribution >= 4 is 17.7 Å². The number of nitrogens with one attached hydrogen (secondary N) is 1. The number of hydrogen-bond donors (Lipinski definition) is 1. The standard InChI is InChI=1S/C16H17N5O4/c1-24-11-2-3-14-10(6-11)4-5-21(14)15(22)13-9-20(19-18-13)8-12-7-17-16(23)25-12/h2-3,6,9,12H,4-5,7-8H2,1H3,(H,17,23). The molecular formula is C16H17N5O4. The lowest BCUT2D eigenvalue weighted by molar-refractivity contribution is 0.0984. The van der Waals surface area contributed by atoms with Gasteiger partial charge in [-0.2, -0.15) is 0 Å². The maximum Gasteiger partial charge on any atom is 0.407 e. The van der Waals surface area contributed by atoms with Crippen LogP contribution in [0.2, 0.25) is 0 Å². The molecule has 2 aromatic rings. The van der Waals surface area contributed by atoms with E-state index in [1.807, 2.05) is 18.2 Å². The van der Waals surface area contributed by atoms with Crippen molar-refractivity contribution < 1.29 is 19.1 Å². The van der Waals surface area contributed by atoms with E-state index in [-0.39, 0.29) is 17.7 Å². The topological polar surface area (TPSA) is 98.6 Å². The molecule has 2 aliphatic heterocycles. The number of methoxy groups -OCH3 is 1. The van der Waals surface area contributed by atoms with Gasteiger partial charge in [0.2, 0.25) is 0 Å². The van der Waals surface area contributed by atoms with Crippen LogP contribution in [0, 0.1) is 0 Å². The number of carbonyl (C=O) groups excluding carboxylic acids is 2. The first-order valence-corrected chi connectivity index (χ1v) is 7.97. The highest BCUT2D eigenvalue weighted by molar-refractivity contribution is 6.05. The number of amides is 2. The second kappa shape index (κ2) is 6.08. The highest BCUT2D eigenvalue weighted by Gasteiger charge is 2.28. The van der Waals surface area contributed by atoms with Gasteiger partial charge in [0, 0.05) is 12.2 Å². The Morgan fingerprint density at radius 3 is 3.12 bits per heavy atom. The normalized spacial score (nSPS) is 18.7. The summed E-state index contributed by atoms with van der Waals surface area (Å²) in [6.07, 6.45) is 1.61. The zero-order valence-electron chi connectivity index (χ0n) is 13.6. The maximum atomic E-state index is 12.7. The number of aromatic nitrogens is 3. The van der Waals surface area contributed by atoms with E-state index in [9.17, 15) is 9.59 Å². The largest absolute Gasteiger partial charge is 0.497 e. The van der Waals surface area contributed by atoms with E-state index in [4.69, 9.17) is 9.47 Å². The zero-order valence-corrected chi connectivity index (χ0v) is 13.6. The lowest BCUT2D eigenvalue weighted by atomic mass is 10.1. The predicted octanol–water partition coefficient (Wildman–Crippen LogP) is 0.598. The number of carbonyl (C=O) groups is 2. The summed E-state index contributed by atoms with van der Waals surface area (Å²) in [6, 6.07) is 5.66. The molecule has 25 heavy (non-hydrogen) atoms. The Labute approximate surface area is 143 Å². The molecule has 0 spiro atoms. The molecule has 0 radical (unpaired) electrons. The molecule has 1 fully saturated rings. The summed E-state index contributed by atoms with van der Waals surface area (Å²) in [7, 11) is 1.62. The third-order valence-corrected chi connectivity index (χ3v) is 4.32. The van der Waals surface area contributed by atoms with Crippen LogP contribution in [0.15, 0.2) is 24.4 Å². The maximum absolute atomic E-state index is 12.7. The monoisotopic (exact) mass is 343 g/mol. The van der Waals surface area contributed by atoms with E-state index in [1.54, 1.807) is 18.2 Å². The van der Waals surface area contributed by atoms with Crippen molar-refractivity contribution in [1.82, 2.24) is 20.3 Å². The van der Waals surface area contributed by atoms with Crippen molar-refractivity contribution in [2.45, 2.75) is 19.1 Å². The van der Waals surface area contributed by atoms with Gasteiger partial charge in [0.05, 0.1) is 26.4 Å². The molecule has 1 saturated heterocycles. The number of nitrogens with zero attached hydrogens (tertiary/aromatic N) is 4. The van der Waals surface area contributed by atoms with Gasteiger partial charge in [-0.25, -0.2) is 9.48 Å². The Bertz CT molecular complexity index is 834. The summed E-state index contributed by atoms with van der Waals surface area (Å²) in [5.41, 5.74) is 2.21. The van der Waals surface area contributed by atoms with E-state index < -0.39 is 6.09 Å². The second-order valence-corrected chi connectivity index (χ2v) is 5.94. The molecule has 130 valence electrons. The minimum Gasteiger partial charge on any atom is -0.497 e. The third kappa shape index (κ3) is 2.88. The lowest BCUT2D eigenvalue weighted by Gasteiger charge is -2.15. The summed E-state index contributed by atoms with van der Waals surface area (Å²) in [6.45, 7) is 1.37. The van der Waals surface area contributed by atoms with Gasteiger partial charge >= 0.3 is 6.09 Å². The molecule has 1 unspecified atom stereocenters. The van der Waals surface area contributed by atoms with Crippen molar-refractivity contribution in [2.24, 2.45) is 0 Å². The first-order valence-electron chi connectivity index (χ1n) is 7.97. The first kappa shape index (κ1) is 15.4. The van der Waals surface area contributed by atoms with Gasteiger partial charge in [0.1, 0.15) is 11.9 Å². The molecule has 0 saturated carbocycles. The first-order chi connectivity index (χ1) is 12.1. The minimum atomic E-state index is -0.439. The molecule has 9 nitrogen and oxygen atoms in total. The predicted molar refractivity (Wildman–Crippen MR) is 86.7 cm³/mol. The van der Waals surface area contributed by atoms with Crippen LogP contribution >= 0.6 is 0 Å². The number of ether oxygens (including phenoxy) is 2. The van der Waals surface area contributed by atoms with E-state index in [2.05, 4.69) is 15.6 Å². The van der Waals surface area contributed by atoms with Gasteiger partial charge in [-0.05, 0) is 30.2 Å². The van der Waals surface area contributed by atoms with Crippen LogP contribution in [0.4, 0.5) is 10.5 Å².